The van der Waals surface area contributed by atoms with Gasteiger partial charge in [-0.3, -0.25) is 4.79 Å². The van der Waals surface area contributed by atoms with E-state index in [9.17, 15) is 31.1 Å². The van der Waals surface area contributed by atoms with E-state index in [0.29, 0.717) is 0 Å². The fourth-order valence-electron chi connectivity index (χ4n) is 0.645. The Morgan fingerprint density at radius 3 is 1.93 bits per heavy atom. The smallest absolute Gasteiger partial charge is 0.267 e. The zero-order valence-corrected chi connectivity index (χ0v) is 6.57. The van der Waals surface area contributed by atoms with Gasteiger partial charge >= 0.3 is 12.4 Å². The molecule has 1 aliphatic rings. The highest BCUT2D eigenvalue weighted by atomic mass is 19.4. The molecule has 0 atom stereocenters. The summed E-state index contributed by atoms with van der Waals surface area (Å²) in [7, 11) is 0. The third-order valence-corrected chi connectivity index (χ3v) is 1.17. The molecule has 82 valence electrons. The molecule has 0 saturated heterocycles. The summed E-state index contributed by atoms with van der Waals surface area (Å²) >= 11 is 0. The van der Waals surface area contributed by atoms with Gasteiger partial charge in [-0.05, 0) is 0 Å². The first kappa shape index (κ1) is 11.5. The number of amides is 1. The highest BCUT2D eigenvalue weighted by Gasteiger charge is 2.45. The number of hydrogen-bond acceptors (Lipinski definition) is 2. The summed E-state index contributed by atoms with van der Waals surface area (Å²) < 4.78 is 71.4. The van der Waals surface area contributed by atoms with Gasteiger partial charge in [0.2, 0.25) is 5.84 Å². The van der Waals surface area contributed by atoms with Crippen LogP contribution in [0.5, 0.6) is 0 Å². The molecule has 0 aromatic heterocycles. The summed E-state index contributed by atoms with van der Waals surface area (Å²) in [4.78, 5) is 12.6. The lowest BCUT2D eigenvalue weighted by atomic mass is 10.3. The highest BCUT2D eigenvalue weighted by Crippen LogP contribution is 2.29. The average Bonchev–Trinajstić information content (AvgIpc) is 1.99. The molecule has 0 aliphatic carbocycles. The number of carbonyl (C=O) groups is 1. The number of rotatable bonds is 0. The molecular formula is C6F6N2O. The van der Waals surface area contributed by atoms with Crippen LogP contribution < -0.4 is 5.32 Å². The normalized spacial score (nSPS) is 18.1. The Morgan fingerprint density at radius 1 is 1.00 bits per heavy atom. The number of aliphatic imine (C=N–C) groups is 1. The van der Waals surface area contributed by atoms with Gasteiger partial charge < -0.3 is 0 Å². The van der Waals surface area contributed by atoms with Crippen molar-refractivity contribution in [3.05, 3.63) is 11.8 Å². The summed E-state index contributed by atoms with van der Waals surface area (Å²) in [6.07, 6.45) is -9.31. The maximum atomic E-state index is 11.9. The Labute approximate surface area is 78.5 Å². The van der Waals surface area contributed by atoms with Gasteiger partial charge in [-0.2, -0.15) is 31.7 Å². The largest absolute Gasteiger partial charge is 0.451 e. The van der Waals surface area contributed by atoms with Gasteiger partial charge in [0, 0.05) is 0 Å². The van der Waals surface area contributed by atoms with Crippen molar-refractivity contribution < 1.29 is 31.1 Å². The van der Waals surface area contributed by atoms with Crippen molar-refractivity contribution in [1.29, 1.82) is 0 Å². The summed E-state index contributed by atoms with van der Waals surface area (Å²) in [5, 5.41) is 2.27. The fourth-order valence-corrected chi connectivity index (χ4v) is 0.645. The summed E-state index contributed by atoms with van der Waals surface area (Å²) in [6.45, 7) is 0. The lowest BCUT2D eigenvalue weighted by Gasteiger charge is -2.14. The van der Waals surface area contributed by atoms with Crippen LogP contribution in [-0.4, -0.2) is 24.1 Å². The Kier molecular flexibility index (Phi) is 2.49. The number of halogens is 6. The second-order valence-corrected chi connectivity index (χ2v) is 2.32. The number of allylic oxidation sites excluding steroid dienone is 1. The minimum Gasteiger partial charge on any atom is -0.267 e. The Morgan fingerprint density at radius 2 is 1.53 bits per heavy atom. The number of amidine groups is 1. The van der Waals surface area contributed by atoms with Gasteiger partial charge in [0.1, 0.15) is 0 Å². The van der Waals surface area contributed by atoms with Gasteiger partial charge in [-0.25, -0.2) is 4.99 Å². The minimum atomic E-state index is -5.20. The van der Waals surface area contributed by atoms with Gasteiger partial charge in [-0.1, -0.05) is 0 Å². The van der Waals surface area contributed by atoms with E-state index < -0.39 is 29.8 Å². The average molecular weight is 230 g/mol. The standard InChI is InChI=1S/C6F6N2O/c7-5(8,9)2-1-3(15)14-4(13-2)6(10,11)12. The number of nitrogens with zero attached hydrogens (tertiary/aromatic N) is 2. The lowest BCUT2D eigenvalue weighted by molar-refractivity contribution is -0.120. The minimum absolute atomic E-state index is 1.06. The fraction of sp³-hybridized carbons (Fsp3) is 0.333. The molecule has 0 spiro atoms. The third-order valence-electron chi connectivity index (χ3n) is 1.17. The number of carbonyl (C=O) groups excluding carboxylic acids is 1. The second-order valence-electron chi connectivity index (χ2n) is 2.32. The van der Waals surface area contributed by atoms with Gasteiger partial charge in [-0.15, -0.1) is 0 Å². The van der Waals surface area contributed by atoms with Gasteiger partial charge in [0.15, 0.2) is 5.70 Å². The van der Waals surface area contributed by atoms with E-state index in [1.54, 1.807) is 0 Å². The molecule has 0 unspecified atom stereocenters. The van der Waals surface area contributed by atoms with Crippen molar-refractivity contribution in [2.45, 2.75) is 12.4 Å². The molecule has 2 radical (unpaired) electrons. The summed E-state index contributed by atoms with van der Waals surface area (Å²) in [5.74, 6) is -3.89. The topological polar surface area (TPSA) is 43.5 Å². The first-order valence-corrected chi connectivity index (χ1v) is 3.23. The van der Waals surface area contributed by atoms with E-state index in [1.807, 2.05) is 0 Å². The van der Waals surface area contributed by atoms with E-state index in [0.717, 1.165) is 6.08 Å². The predicted molar refractivity (Wildman–Crippen MR) is 33.4 cm³/mol. The molecule has 0 saturated carbocycles. The quantitative estimate of drug-likeness (QED) is 0.579. The third kappa shape index (κ3) is 2.70. The van der Waals surface area contributed by atoms with Crippen LogP contribution in [0.2, 0.25) is 0 Å². The zero-order chi connectivity index (χ0) is 11.9. The lowest BCUT2D eigenvalue weighted by Crippen LogP contribution is -2.38. The van der Waals surface area contributed by atoms with Crippen molar-refractivity contribution in [2.24, 2.45) is 4.99 Å². The molecule has 0 aromatic rings. The summed E-state index contributed by atoms with van der Waals surface area (Å²) in [5.41, 5.74) is -2.03. The zero-order valence-electron chi connectivity index (χ0n) is 6.57. The van der Waals surface area contributed by atoms with E-state index in [2.05, 4.69) is 10.3 Å². The molecule has 9 heteroatoms. The van der Waals surface area contributed by atoms with E-state index in [-0.39, 0.29) is 0 Å². The maximum absolute atomic E-state index is 11.9. The summed E-state index contributed by atoms with van der Waals surface area (Å²) in [6, 6.07) is 0. The molecular weight excluding hydrogens is 230 g/mol. The highest BCUT2D eigenvalue weighted by molar-refractivity contribution is 6.05. The van der Waals surface area contributed by atoms with E-state index in [4.69, 9.17) is 0 Å². The first-order chi connectivity index (χ1) is 6.60. The SMILES string of the molecule is O=C1[C]=C(C(F)(F)F)N=C(C(F)(F)F)[N]1. The monoisotopic (exact) mass is 230 g/mol. The van der Waals surface area contributed by atoms with Crippen molar-refractivity contribution in [3.8, 4) is 0 Å². The van der Waals surface area contributed by atoms with Gasteiger partial charge in [0.25, 0.3) is 5.91 Å². The van der Waals surface area contributed by atoms with Crippen molar-refractivity contribution in [2.75, 3.05) is 0 Å². The van der Waals surface area contributed by atoms with Crippen LogP contribution in [0.15, 0.2) is 10.7 Å². The molecule has 1 amide bonds. The second kappa shape index (κ2) is 3.24. The van der Waals surface area contributed by atoms with E-state index >= 15 is 0 Å². The van der Waals surface area contributed by atoms with Crippen LogP contribution in [0, 0.1) is 6.08 Å². The molecule has 0 aromatic carbocycles. The van der Waals surface area contributed by atoms with Crippen LogP contribution in [0.4, 0.5) is 26.3 Å². The molecule has 0 fully saturated rings. The molecule has 15 heavy (non-hydrogen) atoms. The van der Waals surface area contributed by atoms with Crippen LogP contribution >= 0.6 is 0 Å². The van der Waals surface area contributed by atoms with Crippen molar-refractivity contribution in [3.63, 3.8) is 0 Å². The Bertz CT molecular complexity index is 350. The molecule has 3 nitrogen and oxygen atoms in total. The molecule has 0 bridgehead atoms. The van der Waals surface area contributed by atoms with Crippen molar-refractivity contribution in [1.82, 2.24) is 5.32 Å². The number of hydrogen-bond donors (Lipinski definition) is 0. The number of alkyl halides is 6. The molecule has 1 rings (SSSR count). The Hall–Kier alpha value is -1.54. The Balaban J connectivity index is 3.11. The first-order valence-electron chi connectivity index (χ1n) is 3.23. The van der Waals surface area contributed by atoms with Crippen LogP contribution in [0.3, 0.4) is 0 Å². The van der Waals surface area contributed by atoms with Crippen molar-refractivity contribution >= 4 is 11.7 Å². The predicted octanol–water partition coefficient (Wildman–Crippen LogP) is 1.34. The van der Waals surface area contributed by atoms with Crippen LogP contribution in [-0.2, 0) is 4.79 Å². The van der Waals surface area contributed by atoms with Gasteiger partial charge in [0.05, 0.1) is 6.08 Å². The molecule has 0 N–H and O–H groups in total. The van der Waals surface area contributed by atoms with Crippen LogP contribution in [0.1, 0.15) is 0 Å². The maximum Gasteiger partial charge on any atom is 0.451 e. The van der Waals surface area contributed by atoms with E-state index in [1.165, 1.54) is 0 Å². The molecule has 1 heterocycles. The molecule has 1 aliphatic heterocycles. The van der Waals surface area contributed by atoms with Crippen LogP contribution in [0.25, 0.3) is 0 Å².